The summed E-state index contributed by atoms with van der Waals surface area (Å²) in [4.78, 5) is 0. The van der Waals surface area contributed by atoms with Crippen molar-refractivity contribution in [2.75, 3.05) is 20.3 Å². The second-order valence-electron chi connectivity index (χ2n) is 3.21. The molecule has 1 aliphatic rings. The van der Waals surface area contributed by atoms with Gasteiger partial charge in [0.25, 0.3) is 0 Å². The highest BCUT2D eigenvalue weighted by Crippen LogP contribution is 2.27. The molecule has 1 aromatic rings. The molecule has 4 nitrogen and oxygen atoms in total. The van der Waals surface area contributed by atoms with Crippen LogP contribution in [0.4, 0.5) is 0 Å². The van der Waals surface area contributed by atoms with Crippen LogP contribution >= 0.6 is 0 Å². The molecule has 78 valence electrons. The number of hydrogen-bond acceptors (Lipinski definition) is 4. The summed E-state index contributed by atoms with van der Waals surface area (Å²) in [5, 5.41) is 8.97. The summed E-state index contributed by atoms with van der Waals surface area (Å²) < 4.78 is 15.6. The fourth-order valence-electron chi connectivity index (χ4n) is 1.26. The maximum atomic E-state index is 8.97. The first-order valence-corrected chi connectivity index (χ1v) is 4.66. The minimum Gasteiger partial charge on any atom is -0.495 e. The van der Waals surface area contributed by atoms with E-state index in [-0.39, 0.29) is 6.10 Å². The van der Waals surface area contributed by atoms with E-state index >= 15 is 0 Å². The summed E-state index contributed by atoms with van der Waals surface area (Å²) in [5.74, 6) is 1.08. The van der Waals surface area contributed by atoms with E-state index in [0.717, 1.165) is 6.61 Å². The SMILES string of the molecule is COc1cccc(OCC2CO2)c1C#N. The summed E-state index contributed by atoms with van der Waals surface area (Å²) in [6.07, 6.45) is 0.183. The molecule has 15 heavy (non-hydrogen) atoms. The average Bonchev–Trinajstić information content (AvgIpc) is 3.09. The molecule has 1 aliphatic heterocycles. The number of benzene rings is 1. The Bertz CT molecular complexity index is 393. The van der Waals surface area contributed by atoms with Crippen LogP contribution in [0.15, 0.2) is 18.2 Å². The van der Waals surface area contributed by atoms with Gasteiger partial charge in [-0.1, -0.05) is 6.07 Å². The zero-order chi connectivity index (χ0) is 10.7. The zero-order valence-electron chi connectivity index (χ0n) is 8.40. The highest BCUT2D eigenvalue weighted by atomic mass is 16.6. The van der Waals surface area contributed by atoms with Crippen LogP contribution in [-0.2, 0) is 4.74 Å². The Morgan fingerprint density at radius 1 is 1.53 bits per heavy atom. The molecule has 1 atom stereocenters. The van der Waals surface area contributed by atoms with Gasteiger partial charge >= 0.3 is 0 Å². The molecular formula is C11H11NO3. The number of rotatable bonds is 4. The molecule has 1 aromatic carbocycles. The zero-order valence-corrected chi connectivity index (χ0v) is 8.40. The van der Waals surface area contributed by atoms with Gasteiger partial charge in [-0.2, -0.15) is 5.26 Å². The van der Waals surface area contributed by atoms with Gasteiger partial charge in [0, 0.05) is 0 Å². The van der Waals surface area contributed by atoms with Gasteiger partial charge in [-0.3, -0.25) is 0 Å². The monoisotopic (exact) mass is 205 g/mol. The molecule has 4 heteroatoms. The van der Waals surface area contributed by atoms with E-state index in [1.807, 2.05) is 0 Å². The number of ether oxygens (including phenoxy) is 3. The number of epoxide rings is 1. The summed E-state index contributed by atoms with van der Waals surface area (Å²) in [6.45, 7) is 1.23. The van der Waals surface area contributed by atoms with Crippen LogP contribution in [0.2, 0.25) is 0 Å². The summed E-state index contributed by atoms with van der Waals surface area (Å²) in [6, 6.07) is 7.35. The maximum Gasteiger partial charge on any atom is 0.141 e. The van der Waals surface area contributed by atoms with Gasteiger partial charge in [-0.25, -0.2) is 0 Å². The Kier molecular flexibility index (Phi) is 2.75. The van der Waals surface area contributed by atoms with E-state index in [0.29, 0.717) is 23.7 Å². The molecule has 0 aromatic heterocycles. The molecule has 1 fully saturated rings. The van der Waals surface area contributed by atoms with E-state index in [1.54, 1.807) is 18.2 Å². The molecule has 2 rings (SSSR count). The molecule has 0 saturated carbocycles. The van der Waals surface area contributed by atoms with Gasteiger partial charge in [0.05, 0.1) is 13.7 Å². The van der Waals surface area contributed by atoms with Crippen molar-refractivity contribution in [1.29, 1.82) is 5.26 Å². The second-order valence-corrected chi connectivity index (χ2v) is 3.21. The van der Waals surface area contributed by atoms with Crippen LogP contribution in [0, 0.1) is 11.3 Å². The number of nitriles is 1. The van der Waals surface area contributed by atoms with Crippen LogP contribution in [0.1, 0.15) is 5.56 Å². The minimum atomic E-state index is 0.183. The third-order valence-electron chi connectivity index (χ3n) is 2.15. The molecule has 1 unspecified atom stereocenters. The van der Waals surface area contributed by atoms with Crippen molar-refractivity contribution in [2.45, 2.75) is 6.10 Å². The van der Waals surface area contributed by atoms with Gasteiger partial charge in [0.2, 0.25) is 0 Å². The molecule has 1 heterocycles. The number of methoxy groups -OCH3 is 1. The van der Waals surface area contributed by atoms with Gasteiger partial charge in [-0.15, -0.1) is 0 Å². The topological polar surface area (TPSA) is 54.8 Å². The van der Waals surface area contributed by atoms with Crippen LogP contribution in [0.5, 0.6) is 11.5 Å². The molecule has 0 amide bonds. The van der Waals surface area contributed by atoms with E-state index in [4.69, 9.17) is 19.5 Å². The molecule has 0 N–H and O–H groups in total. The number of hydrogen-bond donors (Lipinski definition) is 0. The van der Waals surface area contributed by atoms with E-state index in [2.05, 4.69) is 6.07 Å². The van der Waals surface area contributed by atoms with Crippen molar-refractivity contribution in [2.24, 2.45) is 0 Å². The Morgan fingerprint density at radius 3 is 2.87 bits per heavy atom. The minimum absolute atomic E-state index is 0.183. The average molecular weight is 205 g/mol. The van der Waals surface area contributed by atoms with Crippen LogP contribution < -0.4 is 9.47 Å². The maximum absolute atomic E-state index is 8.97. The normalized spacial score (nSPS) is 18.0. The lowest BCUT2D eigenvalue weighted by Gasteiger charge is -2.08. The molecular weight excluding hydrogens is 194 g/mol. The Morgan fingerprint density at radius 2 is 2.27 bits per heavy atom. The van der Waals surface area contributed by atoms with Crippen LogP contribution in [-0.4, -0.2) is 26.4 Å². The third kappa shape index (κ3) is 2.20. The second kappa shape index (κ2) is 4.20. The highest BCUT2D eigenvalue weighted by molar-refractivity contribution is 5.52. The van der Waals surface area contributed by atoms with Crippen molar-refractivity contribution >= 4 is 0 Å². The number of nitrogens with zero attached hydrogens (tertiary/aromatic N) is 1. The standard InChI is InChI=1S/C11H11NO3/c1-13-10-3-2-4-11(9(10)5-12)15-7-8-6-14-8/h2-4,8H,6-7H2,1H3. The molecule has 0 radical (unpaired) electrons. The first-order chi connectivity index (χ1) is 7.35. The fourth-order valence-corrected chi connectivity index (χ4v) is 1.26. The third-order valence-corrected chi connectivity index (χ3v) is 2.15. The molecule has 0 spiro atoms. The van der Waals surface area contributed by atoms with E-state index in [1.165, 1.54) is 7.11 Å². The smallest absolute Gasteiger partial charge is 0.141 e. The van der Waals surface area contributed by atoms with Crippen LogP contribution in [0.25, 0.3) is 0 Å². The van der Waals surface area contributed by atoms with Crippen molar-refractivity contribution in [3.8, 4) is 17.6 Å². The molecule has 0 aliphatic carbocycles. The van der Waals surface area contributed by atoms with Gasteiger partial charge < -0.3 is 14.2 Å². The van der Waals surface area contributed by atoms with E-state index in [9.17, 15) is 0 Å². The first kappa shape index (κ1) is 9.81. The lowest BCUT2D eigenvalue weighted by molar-refractivity contribution is 0.261. The van der Waals surface area contributed by atoms with Crippen molar-refractivity contribution in [3.05, 3.63) is 23.8 Å². The van der Waals surface area contributed by atoms with Crippen LogP contribution in [0.3, 0.4) is 0 Å². The van der Waals surface area contributed by atoms with Gasteiger partial charge in [-0.05, 0) is 12.1 Å². The predicted molar refractivity (Wildman–Crippen MR) is 52.9 cm³/mol. The summed E-state index contributed by atoms with van der Waals surface area (Å²) in [7, 11) is 1.53. The summed E-state index contributed by atoms with van der Waals surface area (Å²) >= 11 is 0. The quantitative estimate of drug-likeness (QED) is 0.696. The van der Waals surface area contributed by atoms with E-state index < -0.39 is 0 Å². The molecule has 1 saturated heterocycles. The Hall–Kier alpha value is -1.73. The first-order valence-electron chi connectivity index (χ1n) is 4.66. The Labute approximate surface area is 88.0 Å². The van der Waals surface area contributed by atoms with Crippen molar-refractivity contribution in [1.82, 2.24) is 0 Å². The lowest BCUT2D eigenvalue weighted by atomic mass is 10.2. The molecule has 0 bridgehead atoms. The highest BCUT2D eigenvalue weighted by Gasteiger charge is 2.23. The van der Waals surface area contributed by atoms with Crippen molar-refractivity contribution < 1.29 is 14.2 Å². The lowest BCUT2D eigenvalue weighted by Crippen LogP contribution is -2.05. The fraction of sp³-hybridized carbons (Fsp3) is 0.364. The Balaban J connectivity index is 2.17. The van der Waals surface area contributed by atoms with Crippen molar-refractivity contribution in [3.63, 3.8) is 0 Å². The summed E-state index contributed by atoms with van der Waals surface area (Å²) in [5.41, 5.74) is 0.431. The largest absolute Gasteiger partial charge is 0.495 e. The van der Waals surface area contributed by atoms with Gasteiger partial charge in [0.15, 0.2) is 0 Å². The predicted octanol–water partition coefficient (Wildman–Crippen LogP) is 1.34. The van der Waals surface area contributed by atoms with Gasteiger partial charge in [0.1, 0.15) is 35.8 Å².